The first kappa shape index (κ1) is 13.8. The molecule has 0 unspecified atom stereocenters. The molecule has 0 saturated heterocycles. The van der Waals surface area contributed by atoms with Gasteiger partial charge in [-0.1, -0.05) is 49.6 Å². The summed E-state index contributed by atoms with van der Waals surface area (Å²) >= 11 is 0. The van der Waals surface area contributed by atoms with Gasteiger partial charge in [-0.05, 0) is 24.5 Å². The van der Waals surface area contributed by atoms with E-state index in [1.165, 1.54) is 6.42 Å². The monoisotopic (exact) mass is 259 g/mol. The Morgan fingerprint density at radius 3 is 2.53 bits per heavy atom. The van der Waals surface area contributed by atoms with E-state index in [0.717, 1.165) is 31.2 Å². The standard InChI is InChI=1S/C16H21NO2/c18-13-16(11-5-2-6-12-16)17-15(19)10-9-14-7-3-1-4-8-14/h1,3-4,7-10,18H,2,5-6,11-13H2,(H,17,19). The Morgan fingerprint density at radius 2 is 1.89 bits per heavy atom. The first-order valence-electron chi connectivity index (χ1n) is 6.90. The fraction of sp³-hybridized carbons (Fsp3) is 0.438. The van der Waals surface area contributed by atoms with Crippen molar-refractivity contribution >= 4 is 12.0 Å². The van der Waals surface area contributed by atoms with E-state index in [-0.39, 0.29) is 12.5 Å². The van der Waals surface area contributed by atoms with E-state index in [2.05, 4.69) is 5.32 Å². The first-order valence-corrected chi connectivity index (χ1v) is 6.90. The van der Waals surface area contributed by atoms with E-state index in [1.807, 2.05) is 30.3 Å². The van der Waals surface area contributed by atoms with E-state index >= 15 is 0 Å². The summed E-state index contributed by atoms with van der Waals surface area (Å²) in [5, 5.41) is 12.5. The summed E-state index contributed by atoms with van der Waals surface area (Å²) in [4.78, 5) is 11.9. The third kappa shape index (κ3) is 3.93. The van der Waals surface area contributed by atoms with Gasteiger partial charge in [-0.25, -0.2) is 0 Å². The van der Waals surface area contributed by atoms with Gasteiger partial charge in [0.25, 0.3) is 0 Å². The van der Waals surface area contributed by atoms with Crippen LogP contribution in [0, 0.1) is 0 Å². The molecular weight excluding hydrogens is 238 g/mol. The molecule has 102 valence electrons. The van der Waals surface area contributed by atoms with E-state index in [0.29, 0.717) is 0 Å². The summed E-state index contributed by atoms with van der Waals surface area (Å²) in [6.45, 7) is 0.0257. The van der Waals surface area contributed by atoms with Crippen LogP contribution in [-0.2, 0) is 4.79 Å². The van der Waals surface area contributed by atoms with Gasteiger partial charge >= 0.3 is 0 Å². The normalized spacial score (nSPS) is 18.4. The molecule has 1 aromatic rings. The smallest absolute Gasteiger partial charge is 0.244 e. The highest BCUT2D eigenvalue weighted by Crippen LogP contribution is 2.27. The van der Waals surface area contributed by atoms with Crippen LogP contribution in [0.5, 0.6) is 0 Å². The van der Waals surface area contributed by atoms with Gasteiger partial charge in [0.2, 0.25) is 5.91 Å². The second kappa shape index (κ2) is 6.53. The largest absolute Gasteiger partial charge is 0.394 e. The Balaban J connectivity index is 1.95. The van der Waals surface area contributed by atoms with Crippen LogP contribution in [0.25, 0.3) is 6.08 Å². The number of hydrogen-bond donors (Lipinski definition) is 2. The molecule has 0 bridgehead atoms. The summed E-state index contributed by atoms with van der Waals surface area (Å²) in [5.74, 6) is -0.125. The second-order valence-corrected chi connectivity index (χ2v) is 5.23. The molecule has 3 heteroatoms. The van der Waals surface area contributed by atoms with Gasteiger partial charge in [0.15, 0.2) is 0 Å². The summed E-state index contributed by atoms with van der Waals surface area (Å²) in [5.41, 5.74) is 0.593. The van der Waals surface area contributed by atoms with E-state index in [1.54, 1.807) is 12.2 Å². The zero-order valence-electron chi connectivity index (χ0n) is 11.1. The fourth-order valence-corrected chi connectivity index (χ4v) is 2.59. The highest BCUT2D eigenvalue weighted by Gasteiger charge is 2.32. The zero-order valence-corrected chi connectivity index (χ0v) is 11.1. The molecule has 1 amide bonds. The number of aliphatic hydroxyl groups is 1. The van der Waals surface area contributed by atoms with Crippen LogP contribution >= 0.6 is 0 Å². The maximum Gasteiger partial charge on any atom is 0.244 e. The molecule has 1 aromatic carbocycles. The lowest BCUT2D eigenvalue weighted by Crippen LogP contribution is -2.52. The molecule has 1 aliphatic carbocycles. The molecule has 1 fully saturated rings. The van der Waals surface area contributed by atoms with Crippen molar-refractivity contribution in [1.82, 2.24) is 5.32 Å². The quantitative estimate of drug-likeness (QED) is 0.816. The second-order valence-electron chi connectivity index (χ2n) is 5.23. The van der Waals surface area contributed by atoms with Crippen LogP contribution in [0.3, 0.4) is 0 Å². The maximum absolute atomic E-state index is 11.9. The number of amides is 1. The Hall–Kier alpha value is -1.61. The fourth-order valence-electron chi connectivity index (χ4n) is 2.59. The molecule has 0 heterocycles. The molecule has 2 rings (SSSR count). The van der Waals surface area contributed by atoms with Crippen LogP contribution in [0.1, 0.15) is 37.7 Å². The van der Waals surface area contributed by atoms with Gasteiger partial charge in [0, 0.05) is 6.08 Å². The minimum atomic E-state index is -0.406. The number of aliphatic hydroxyl groups excluding tert-OH is 1. The third-order valence-corrected chi connectivity index (χ3v) is 3.73. The Labute approximate surface area is 114 Å². The third-order valence-electron chi connectivity index (χ3n) is 3.73. The lowest BCUT2D eigenvalue weighted by molar-refractivity contribution is -0.119. The molecule has 0 atom stereocenters. The summed E-state index contributed by atoms with van der Waals surface area (Å²) in [7, 11) is 0. The van der Waals surface area contributed by atoms with Crippen LogP contribution in [0.4, 0.5) is 0 Å². The predicted molar refractivity (Wildman–Crippen MR) is 76.5 cm³/mol. The Morgan fingerprint density at radius 1 is 1.21 bits per heavy atom. The predicted octanol–water partition coefficient (Wildman–Crippen LogP) is 2.51. The van der Waals surface area contributed by atoms with Gasteiger partial charge < -0.3 is 10.4 Å². The average molecular weight is 259 g/mol. The minimum Gasteiger partial charge on any atom is -0.394 e. The highest BCUT2D eigenvalue weighted by atomic mass is 16.3. The number of rotatable bonds is 4. The number of carbonyl (C=O) groups excluding carboxylic acids is 1. The number of hydrogen-bond acceptors (Lipinski definition) is 2. The average Bonchev–Trinajstić information content (AvgIpc) is 2.47. The lowest BCUT2D eigenvalue weighted by atomic mass is 9.82. The van der Waals surface area contributed by atoms with Crippen LogP contribution < -0.4 is 5.32 Å². The van der Waals surface area contributed by atoms with Gasteiger partial charge in [-0.3, -0.25) is 4.79 Å². The number of carbonyl (C=O) groups is 1. The maximum atomic E-state index is 11.9. The lowest BCUT2D eigenvalue weighted by Gasteiger charge is -2.36. The molecule has 0 radical (unpaired) electrons. The van der Waals surface area contributed by atoms with Crippen molar-refractivity contribution in [3.8, 4) is 0 Å². The molecule has 1 aliphatic rings. The first-order chi connectivity index (χ1) is 9.24. The van der Waals surface area contributed by atoms with Crippen molar-refractivity contribution in [1.29, 1.82) is 0 Å². The molecule has 19 heavy (non-hydrogen) atoms. The Kier molecular flexibility index (Phi) is 4.74. The van der Waals surface area contributed by atoms with Gasteiger partial charge in [-0.2, -0.15) is 0 Å². The van der Waals surface area contributed by atoms with E-state index in [4.69, 9.17) is 0 Å². The van der Waals surface area contributed by atoms with Crippen molar-refractivity contribution in [3.05, 3.63) is 42.0 Å². The minimum absolute atomic E-state index is 0.0257. The van der Waals surface area contributed by atoms with Crippen molar-refractivity contribution < 1.29 is 9.90 Å². The molecule has 0 aliphatic heterocycles. The number of nitrogens with one attached hydrogen (secondary N) is 1. The summed E-state index contributed by atoms with van der Waals surface area (Å²) < 4.78 is 0. The molecule has 0 spiro atoms. The summed E-state index contributed by atoms with van der Waals surface area (Å²) in [6.07, 6.45) is 8.41. The van der Waals surface area contributed by atoms with E-state index in [9.17, 15) is 9.90 Å². The Bertz CT molecular complexity index is 433. The van der Waals surface area contributed by atoms with Gasteiger partial charge in [-0.15, -0.1) is 0 Å². The SMILES string of the molecule is O=C(C=Cc1ccccc1)NC1(CO)CCCCC1. The van der Waals surface area contributed by atoms with Crippen LogP contribution in [0.15, 0.2) is 36.4 Å². The molecule has 2 N–H and O–H groups in total. The topological polar surface area (TPSA) is 49.3 Å². The molecule has 3 nitrogen and oxygen atoms in total. The molecule has 1 saturated carbocycles. The zero-order chi connectivity index (χ0) is 13.6. The highest BCUT2D eigenvalue weighted by molar-refractivity contribution is 5.92. The van der Waals surface area contributed by atoms with Crippen LogP contribution in [-0.4, -0.2) is 23.2 Å². The van der Waals surface area contributed by atoms with Gasteiger partial charge in [0.05, 0.1) is 12.1 Å². The van der Waals surface area contributed by atoms with Crippen LogP contribution in [0.2, 0.25) is 0 Å². The van der Waals surface area contributed by atoms with Gasteiger partial charge in [0.1, 0.15) is 0 Å². The van der Waals surface area contributed by atoms with Crippen molar-refractivity contribution in [2.75, 3.05) is 6.61 Å². The van der Waals surface area contributed by atoms with Crippen molar-refractivity contribution in [2.45, 2.75) is 37.6 Å². The summed E-state index contributed by atoms with van der Waals surface area (Å²) in [6, 6.07) is 9.72. The van der Waals surface area contributed by atoms with Crippen molar-refractivity contribution in [3.63, 3.8) is 0 Å². The number of benzene rings is 1. The molecule has 0 aromatic heterocycles. The molecular formula is C16H21NO2. The van der Waals surface area contributed by atoms with E-state index < -0.39 is 5.54 Å². The van der Waals surface area contributed by atoms with Crippen molar-refractivity contribution in [2.24, 2.45) is 0 Å².